The van der Waals surface area contributed by atoms with Crippen molar-refractivity contribution in [3.63, 3.8) is 0 Å². The van der Waals surface area contributed by atoms with Crippen LogP contribution < -0.4 is 10.1 Å². The summed E-state index contributed by atoms with van der Waals surface area (Å²) >= 11 is 0. The first kappa shape index (κ1) is 9.71. The van der Waals surface area contributed by atoms with Crippen LogP contribution in [0, 0.1) is 13.8 Å². The Morgan fingerprint density at radius 2 is 1.93 bits per heavy atom. The largest absolute Gasteiger partial charge is 0.496 e. The molecule has 1 aromatic carbocycles. The molecule has 78 valence electrons. The van der Waals surface area contributed by atoms with Gasteiger partial charge in [0.25, 0.3) is 11.7 Å². The van der Waals surface area contributed by atoms with Crippen LogP contribution in [0.25, 0.3) is 0 Å². The number of amides is 1. The average molecular weight is 205 g/mol. The number of anilines is 1. The average Bonchev–Trinajstić information content (AvgIpc) is 2.43. The van der Waals surface area contributed by atoms with Crippen LogP contribution in [0.2, 0.25) is 0 Å². The van der Waals surface area contributed by atoms with E-state index in [-0.39, 0.29) is 0 Å². The summed E-state index contributed by atoms with van der Waals surface area (Å²) in [6.45, 7) is 3.66. The van der Waals surface area contributed by atoms with Gasteiger partial charge in [0.05, 0.1) is 18.4 Å². The number of aryl methyl sites for hydroxylation is 1. The van der Waals surface area contributed by atoms with E-state index in [1.54, 1.807) is 20.1 Å². The van der Waals surface area contributed by atoms with E-state index in [9.17, 15) is 9.59 Å². The van der Waals surface area contributed by atoms with Crippen molar-refractivity contribution >= 4 is 17.4 Å². The van der Waals surface area contributed by atoms with Crippen LogP contribution in [0.15, 0.2) is 6.07 Å². The Bertz CT molecular complexity index is 477. The monoisotopic (exact) mass is 205 g/mol. The normalized spacial score (nSPS) is 13.8. The second-order valence-corrected chi connectivity index (χ2v) is 3.56. The van der Waals surface area contributed by atoms with Gasteiger partial charge in [-0.2, -0.15) is 0 Å². The second-order valence-electron chi connectivity index (χ2n) is 3.56. The molecule has 4 heteroatoms. The van der Waals surface area contributed by atoms with Crippen molar-refractivity contribution in [3.8, 4) is 5.75 Å². The molecule has 4 nitrogen and oxygen atoms in total. The van der Waals surface area contributed by atoms with Crippen LogP contribution in [0.4, 0.5) is 5.69 Å². The molecule has 1 aliphatic heterocycles. The maximum absolute atomic E-state index is 11.5. The number of ether oxygens (including phenoxy) is 1. The van der Waals surface area contributed by atoms with Gasteiger partial charge in [0.15, 0.2) is 0 Å². The number of hydrogen-bond acceptors (Lipinski definition) is 3. The van der Waals surface area contributed by atoms with Gasteiger partial charge in [0, 0.05) is 5.56 Å². The molecule has 0 saturated carbocycles. The van der Waals surface area contributed by atoms with E-state index in [1.807, 2.05) is 6.92 Å². The number of rotatable bonds is 1. The highest BCUT2D eigenvalue weighted by Crippen LogP contribution is 2.35. The topological polar surface area (TPSA) is 55.4 Å². The quantitative estimate of drug-likeness (QED) is 0.706. The van der Waals surface area contributed by atoms with Crippen molar-refractivity contribution in [2.24, 2.45) is 0 Å². The lowest BCUT2D eigenvalue weighted by Gasteiger charge is -2.11. The minimum absolute atomic E-state index is 0.433. The molecule has 2 rings (SSSR count). The molecular formula is C11H11NO3. The first-order valence-electron chi connectivity index (χ1n) is 4.60. The van der Waals surface area contributed by atoms with Crippen LogP contribution >= 0.6 is 0 Å². The fraction of sp³-hybridized carbons (Fsp3) is 0.273. The van der Waals surface area contributed by atoms with Gasteiger partial charge in [-0.25, -0.2) is 0 Å². The van der Waals surface area contributed by atoms with Gasteiger partial charge in [-0.1, -0.05) is 0 Å². The van der Waals surface area contributed by atoms with Gasteiger partial charge < -0.3 is 10.1 Å². The Hall–Kier alpha value is -1.84. The number of carbonyl (C=O) groups is 2. The lowest BCUT2D eigenvalue weighted by atomic mass is 10.0. The van der Waals surface area contributed by atoms with Gasteiger partial charge >= 0.3 is 0 Å². The molecule has 1 aromatic rings. The van der Waals surface area contributed by atoms with Crippen LogP contribution in [-0.4, -0.2) is 18.8 Å². The molecule has 1 N–H and O–H groups in total. The number of hydrogen-bond donors (Lipinski definition) is 1. The molecule has 0 aromatic heterocycles. The van der Waals surface area contributed by atoms with Gasteiger partial charge in [0.1, 0.15) is 5.75 Å². The number of methoxy groups -OCH3 is 1. The van der Waals surface area contributed by atoms with E-state index in [0.717, 1.165) is 11.1 Å². The molecule has 0 bridgehead atoms. The first-order chi connectivity index (χ1) is 7.06. The van der Waals surface area contributed by atoms with Crippen molar-refractivity contribution < 1.29 is 14.3 Å². The van der Waals surface area contributed by atoms with Gasteiger partial charge in [-0.3, -0.25) is 9.59 Å². The van der Waals surface area contributed by atoms with Crippen molar-refractivity contribution in [3.05, 3.63) is 22.8 Å². The summed E-state index contributed by atoms with van der Waals surface area (Å²) in [6, 6.07) is 1.75. The Morgan fingerprint density at radius 1 is 1.27 bits per heavy atom. The molecule has 1 heterocycles. The van der Waals surface area contributed by atoms with E-state index in [2.05, 4.69) is 5.32 Å². The van der Waals surface area contributed by atoms with Gasteiger partial charge in [-0.15, -0.1) is 0 Å². The van der Waals surface area contributed by atoms with Crippen molar-refractivity contribution in [2.45, 2.75) is 13.8 Å². The zero-order valence-corrected chi connectivity index (χ0v) is 8.80. The second kappa shape index (κ2) is 3.08. The van der Waals surface area contributed by atoms with E-state index >= 15 is 0 Å². The van der Waals surface area contributed by atoms with Crippen molar-refractivity contribution in [1.29, 1.82) is 0 Å². The SMILES string of the molecule is COc1c(C)cc2c(c1C)C(=O)C(=O)N2. The zero-order valence-electron chi connectivity index (χ0n) is 8.80. The summed E-state index contributed by atoms with van der Waals surface area (Å²) in [5.41, 5.74) is 2.64. The summed E-state index contributed by atoms with van der Waals surface area (Å²) in [5.74, 6) is -0.389. The maximum atomic E-state index is 11.5. The number of fused-ring (bicyclic) bond motifs is 1. The summed E-state index contributed by atoms with van der Waals surface area (Å²) in [7, 11) is 1.55. The lowest BCUT2D eigenvalue weighted by molar-refractivity contribution is -0.112. The fourth-order valence-corrected chi connectivity index (χ4v) is 1.96. The Morgan fingerprint density at radius 3 is 2.53 bits per heavy atom. The fourth-order valence-electron chi connectivity index (χ4n) is 1.96. The number of carbonyl (C=O) groups excluding carboxylic acids is 2. The predicted octanol–water partition coefficient (Wildman–Crippen LogP) is 1.45. The predicted molar refractivity (Wildman–Crippen MR) is 55.4 cm³/mol. The van der Waals surface area contributed by atoms with Gasteiger partial charge in [-0.05, 0) is 25.5 Å². The first-order valence-corrected chi connectivity index (χ1v) is 4.60. The van der Waals surface area contributed by atoms with Crippen LogP contribution in [0.3, 0.4) is 0 Å². The zero-order chi connectivity index (χ0) is 11.2. The molecular weight excluding hydrogens is 194 g/mol. The number of ketones is 1. The van der Waals surface area contributed by atoms with Crippen LogP contribution in [0.5, 0.6) is 5.75 Å². The highest BCUT2D eigenvalue weighted by molar-refractivity contribution is 6.52. The number of benzene rings is 1. The molecule has 1 amide bonds. The molecule has 0 fully saturated rings. The third kappa shape index (κ3) is 1.21. The van der Waals surface area contributed by atoms with Gasteiger partial charge in [0.2, 0.25) is 0 Å². The minimum atomic E-state index is -0.569. The molecule has 0 spiro atoms. The molecule has 0 aliphatic carbocycles. The Balaban J connectivity index is 2.73. The van der Waals surface area contributed by atoms with E-state index in [4.69, 9.17) is 4.74 Å². The Labute approximate surface area is 87.2 Å². The third-order valence-electron chi connectivity index (χ3n) is 2.59. The molecule has 15 heavy (non-hydrogen) atoms. The minimum Gasteiger partial charge on any atom is -0.496 e. The summed E-state index contributed by atoms with van der Waals surface area (Å²) in [6.07, 6.45) is 0. The summed E-state index contributed by atoms with van der Waals surface area (Å²) < 4.78 is 5.19. The standard InChI is InChI=1S/C11H11NO3/c1-5-4-7-8(6(2)10(5)15-3)9(13)11(14)12-7/h4H,1-3H3,(H,12,13,14). The number of Topliss-reactive ketones (excluding diaryl/α,β-unsaturated/α-hetero) is 1. The van der Waals surface area contributed by atoms with Crippen molar-refractivity contribution in [1.82, 2.24) is 0 Å². The van der Waals surface area contributed by atoms with Crippen LogP contribution in [-0.2, 0) is 4.79 Å². The molecule has 0 saturated heterocycles. The maximum Gasteiger partial charge on any atom is 0.296 e. The summed E-state index contributed by atoms with van der Waals surface area (Å²) in [5, 5.41) is 2.54. The summed E-state index contributed by atoms with van der Waals surface area (Å²) in [4.78, 5) is 22.7. The van der Waals surface area contributed by atoms with E-state index in [0.29, 0.717) is 17.0 Å². The molecule has 0 radical (unpaired) electrons. The van der Waals surface area contributed by atoms with E-state index < -0.39 is 11.7 Å². The lowest BCUT2D eigenvalue weighted by Crippen LogP contribution is -2.12. The van der Waals surface area contributed by atoms with Crippen LogP contribution in [0.1, 0.15) is 21.5 Å². The van der Waals surface area contributed by atoms with E-state index in [1.165, 1.54) is 0 Å². The highest BCUT2D eigenvalue weighted by Gasteiger charge is 2.31. The Kier molecular flexibility index (Phi) is 2.00. The smallest absolute Gasteiger partial charge is 0.296 e. The van der Waals surface area contributed by atoms with Crippen molar-refractivity contribution in [2.75, 3.05) is 12.4 Å². The molecule has 1 aliphatic rings. The highest BCUT2D eigenvalue weighted by atomic mass is 16.5. The molecule has 0 unspecified atom stereocenters. The number of nitrogens with one attached hydrogen (secondary N) is 1. The third-order valence-corrected chi connectivity index (χ3v) is 2.59. The molecule has 0 atom stereocenters.